The van der Waals surface area contributed by atoms with Crippen molar-refractivity contribution in [2.75, 3.05) is 46.4 Å². The van der Waals surface area contributed by atoms with E-state index < -0.39 is 0 Å². The van der Waals surface area contributed by atoms with Crippen molar-refractivity contribution >= 4 is 5.91 Å². The number of benzene rings is 2. The molecule has 0 bridgehead atoms. The van der Waals surface area contributed by atoms with Gasteiger partial charge < -0.3 is 14.4 Å². The van der Waals surface area contributed by atoms with E-state index in [-0.39, 0.29) is 17.5 Å². The molecule has 0 spiro atoms. The first-order chi connectivity index (χ1) is 12.7. The van der Waals surface area contributed by atoms with Gasteiger partial charge in [-0.25, -0.2) is 4.39 Å². The minimum absolute atomic E-state index is 0.00953. The minimum atomic E-state index is -0.347. The van der Waals surface area contributed by atoms with Crippen LogP contribution in [0.1, 0.15) is 10.4 Å². The summed E-state index contributed by atoms with van der Waals surface area (Å²) < 4.78 is 24.3. The second-order valence-electron chi connectivity index (χ2n) is 6.11. The van der Waals surface area contributed by atoms with Gasteiger partial charge in [-0.2, -0.15) is 0 Å². The largest absolute Gasteiger partial charge is 0.496 e. The van der Waals surface area contributed by atoms with Gasteiger partial charge in [0.25, 0.3) is 5.91 Å². The predicted octanol–water partition coefficient (Wildman–Crippen LogP) is 2.67. The standard InChI is InChI=1S/C20H23FN2O3/c1-25-18-8-4-2-6-16(18)20(24)23-12-10-22(11-13-23)14-15-26-19-9-5-3-7-17(19)21/h2-9H,10-15H2,1H3. The smallest absolute Gasteiger partial charge is 0.257 e. The lowest BCUT2D eigenvalue weighted by Gasteiger charge is -2.34. The molecule has 138 valence electrons. The van der Waals surface area contributed by atoms with Crippen LogP contribution in [0, 0.1) is 5.82 Å². The summed E-state index contributed by atoms with van der Waals surface area (Å²) >= 11 is 0. The van der Waals surface area contributed by atoms with Gasteiger partial charge in [0.1, 0.15) is 12.4 Å². The molecular formula is C20H23FN2O3. The molecule has 3 rings (SSSR count). The molecule has 6 heteroatoms. The van der Waals surface area contributed by atoms with Gasteiger partial charge in [-0.05, 0) is 24.3 Å². The molecule has 1 fully saturated rings. The normalized spacial score (nSPS) is 14.9. The van der Waals surface area contributed by atoms with Crippen molar-refractivity contribution < 1.29 is 18.7 Å². The van der Waals surface area contributed by atoms with Crippen molar-refractivity contribution in [2.24, 2.45) is 0 Å². The number of hydrogen-bond acceptors (Lipinski definition) is 4. The topological polar surface area (TPSA) is 42.0 Å². The van der Waals surface area contributed by atoms with Crippen molar-refractivity contribution in [1.82, 2.24) is 9.80 Å². The van der Waals surface area contributed by atoms with E-state index in [1.807, 2.05) is 17.0 Å². The monoisotopic (exact) mass is 358 g/mol. The molecule has 26 heavy (non-hydrogen) atoms. The fourth-order valence-corrected chi connectivity index (χ4v) is 3.01. The maximum atomic E-state index is 13.5. The molecule has 0 aliphatic carbocycles. The zero-order chi connectivity index (χ0) is 18.4. The molecule has 0 aromatic heterocycles. The number of carbonyl (C=O) groups excluding carboxylic acids is 1. The van der Waals surface area contributed by atoms with Crippen LogP contribution >= 0.6 is 0 Å². The van der Waals surface area contributed by atoms with Crippen LogP contribution < -0.4 is 9.47 Å². The number of hydrogen-bond donors (Lipinski definition) is 0. The molecule has 1 saturated heterocycles. The molecule has 1 aliphatic heterocycles. The summed E-state index contributed by atoms with van der Waals surface area (Å²) in [5.41, 5.74) is 0.589. The summed E-state index contributed by atoms with van der Waals surface area (Å²) in [5.74, 6) is 0.514. The number of piperazine rings is 1. The molecule has 2 aromatic rings. The van der Waals surface area contributed by atoms with E-state index in [4.69, 9.17) is 9.47 Å². The molecule has 0 atom stereocenters. The van der Waals surface area contributed by atoms with Gasteiger partial charge in [-0.15, -0.1) is 0 Å². The van der Waals surface area contributed by atoms with Crippen LogP contribution in [-0.4, -0.2) is 62.1 Å². The Kier molecular flexibility index (Phi) is 6.07. The number of nitrogens with zero attached hydrogens (tertiary/aromatic N) is 2. The van der Waals surface area contributed by atoms with Gasteiger partial charge in [0.15, 0.2) is 11.6 Å². The number of halogens is 1. The van der Waals surface area contributed by atoms with Crippen LogP contribution in [0.2, 0.25) is 0 Å². The summed E-state index contributed by atoms with van der Waals surface area (Å²) in [5, 5.41) is 0. The fourth-order valence-electron chi connectivity index (χ4n) is 3.01. The molecule has 0 N–H and O–H groups in total. The number of rotatable bonds is 6. The van der Waals surface area contributed by atoms with E-state index in [2.05, 4.69) is 4.90 Å². The molecule has 1 aliphatic rings. The zero-order valence-electron chi connectivity index (χ0n) is 14.9. The number of para-hydroxylation sites is 2. The first-order valence-corrected chi connectivity index (χ1v) is 8.71. The Labute approximate surface area is 152 Å². The van der Waals surface area contributed by atoms with Crippen LogP contribution in [0.4, 0.5) is 4.39 Å². The molecule has 0 unspecified atom stereocenters. The van der Waals surface area contributed by atoms with Crippen LogP contribution in [0.15, 0.2) is 48.5 Å². The second kappa shape index (κ2) is 8.67. The van der Waals surface area contributed by atoms with Crippen LogP contribution in [0.25, 0.3) is 0 Å². The van der Waals surface area contributed by atoms with Gasteiger partial charge in [0.2, 0.25) is 0 Å². The van der Waals surface area contributed by atoms with Gasteiger partial charge in [-0.1, -0.05) is 24.3 Å². The Bertz CT molecular complexity index is 745. The highest BCUT2D eigenvalue weighted by atomic mass is 19.1. The lowest BCUT2D eigenvalue weighted by molar-refractivity contribution is 0.0616. The molecular weight excluding hydrogens is 335 g/mol. The van der Waals surface area contributed by atoms with E-state index >= 15 is 0 Å². The van der Waals surface area contributed by atoms with Gasteiger partial charge in [0.05, 0.1) is 12.7 Å². The Morgan fingerprint density at radius 2 is 1.65 bits per heavy atom. The van der Waals surface area contributed by atoms with Crippen molar-refractivity contribution in [3.8, 4) is 11.5 Å². The van der Waals surface area contributed by atoms with Crippen molar-refractivity contribution in [1.29, 1.82) is 0 Å². The lowest BCUT2D eigenvalue weighted by atomic mass is 10.1. The number of ether oxygens (including phenoxy) is 2. The number of methoxy groups -OCH3 is 1. The maximum absolute atomic E-state index is 13.5. The summed E-state index contributed by atoms with van der Waals surface area (Å²) in [6.07, 6.45) is 0. The van der Waals surface area contributed by atoms with Crippen LogP contribution in [-0.2, 0) is 0 Å². The van der Waals surface area contributed by atoms with E-state index in [1.54, 1.807) is 37.4 Å². The average molecular weight is 358 g/mol. The Balaban J connectivity index is 1.47. The Hall–Kier alpha value is -2.60. The predicted molar refractivity (Wildman–Crippen MR) is 97.2 cm³/mol. The fraction of sp³-hybridized carbons (Fsp3) is 0.350. The molecule has 1 amide bonds. The highest BCUT2D eigenvalue weighted by Gasteiger charge is 2.23. The minimum Gasteiger partial charge on any atom is -0.496 e. The highest BCUT2D eigenvalue weighted by molar-refractivity contribution is 5.97. The molecule has 0 radical (unpaired) electrons. The van der Waals surface area contributed by atoms with Gasteiger partial charge in [0, 0.05) is 32.7 Å². The second-order valence-corrected chi connectivity index (χ2v) is 6.11. The molecule has 5 nitrogen and oxygen atoms in total. The van der Waals surface area contributed by atoms with E-state index in [9.17, 15) is 9.18 Å². The number of amides is 1. The SMILES string of the molecule is COc1ccccc1C(=O)N1CCN(CCOc2ccccc2F)CC1. The van der Waals surface area contributed by atoms with Crippen molar-refractivity contribution in [2.45, 2.75) is 0 Å². The third kappa shape index (κ3) is 4.32. The van der Waals surface area contributed by atoms with Crippen LogP contribution in [0.3, 0.4) is 0 Å². The van der Waals surface area contributed by atoms with E-state index in [1.165, 1.54) is 6.07 Å². The number of carbonyl (C=O) groups is 1. The summed E-state index contributed by atoms with van der Waals surface area (Å²) in [7, 11) is 1.57. The third-order valence-electron chi connectivity index (χ3n) is 4.50. The zero-order valence-corrected chi connectivity index (χ0v) is 14.9. The third-order valence-corrected chi connectivity index (χ3v) is 4.50. The molecule has 2 aromatic carbocycles. The average Bonchev–Trinajstić information content (AvgIpc) is 2.69. The first-order valence-electron chi connectivity index (χ1n) is 8.71. The Morgan fingerprint density at radius 1 is 1.00 bits per heavy atom. The summed E-state index contributed by atoms with van der Waals surface area (Å²) in [6.45, 7) is 3.95. The summed E-state index contributed by atoms with van der Waals surface area (Å²) in [6, 6.07) is 13.7. The first kappa shape index (κ1) is 18.2. The quantitative estimate of drug-likeness (QED) is 0.796. The van der Waals surface area contributed by atoms with Gasteiger partial charge in [-0.3, -0.25) is 9.69 Å². The van der Waals surface area contributed by atoms with E-state index in [0.717, 1.165) is 13.1 Å². The van der Waals surface area contributed by atoms with Gasteiger partial charge >= 0.3 is 0 Å². The lowest BCUT2D eigenvalue weighted by Crippen LogP contribution is -2.49. The van der Waals surface area contributed by atoms with Crippen molar-refractivity contribution in [3.63, 3.8) is 0 Å². The van der Waals surface area contributed by atoms with Crippen molar-refractivity contribution in [3.05, 3.63) is 59.9 Å². The Morgan fingerprint density at radius 3 is 2.35 bits per heavy atom. The van der Waals surface area contributed by atoms with Crippen LogP contribution in [0.5, 0.6) is 11.5 Å². The van der Waals surface area contributed by atoms with E-state index in [0.29, 0.717) is 37.6 Å². The summed E-state index contributed by atoms with van der Waals surface area (Å²) in [4.78, 5) is 16.7. The highest BCUT2D eigenvalue weighted by Crippen LogP contribution is 2.20. The maximum Gasteiger partial charge on any atom is 0.257 e. The molecule has 1 heterocycles. The molecule has 0 saturated carbocycles.